The van der Waals surface area contributed by atoms with E-state index in [4.69, 9.17) is 11.2 Å². The Morgan fingerprint density at radius 2 is 1.00 bits per heavy atom. The number of halogens is 1. The number of benzene rings is 1. The Bertz CT molecular complexity index is 636. The van der Waals surface area contributed by atoms with E-state index in [2.05, 4.69) is 57.4 Å². The number of hydrogen-bond donors (Lipinski definition) is 0. The van der Waals surface area contributed by atoms with Gasteiger partial charge in [0.15, 0.2) is 0 Å². The van der Waals surface area contributed by atoms with E-state index in [-0.39, 0.29) is 0 Å². The Morgan fingerprint density at radius 3 is 1.46 bits per heavy atom. The molecule has 0 nitrogen and oxygen atoms in total. The molecule has 0 unspecified atom stereocenters. The van der Waals surface area contributed by atoms with Crippen molar-refractivity contribution in [3.8, 4) is 0 Å². The molecule has 0 saturated heterocycles. The molecule has 1 rings (SSSR count). The topological polar surface area (TPSA) is 0 Å². The number of rotatable bonds is 24. The summed E-state index contributed by atoms with van der Waals surface area (Å²) in [6.45, 7) is 11.3. The summed E-state index contributed by atoms with van der Waals surface area (Å²) in [5, 5.41) is 0. The van der Waals surface area contributed by atoms with Crippen LogP contribution in [0.3, 0.4) is 0 Å². The number of unbranched alkanes of at least 4 members (excludes halogenated alkanes) is 15. The summed E-state index contributed by atoms with van der Waals surface area (Å²) in [6.07, 6.45) is 28.8. The molecule has 0 N–H and O–H groups in total. The molecule has 0 atom stereocenters. The first kappa shape index (κ1) is 32.7. The zero-order valence-corrected chi connectivity index (χ0v) is 25.6. The van der Waals surface area contributed by atoms with Crippen molar-refractivity contribution in [1.29, 1.82) is 0 Å². The van der Waals surface area contributed by atoms with Crippen molar-refractivity contribution in [3.05, 3.63) is 47.8 Å². The molecular weight excluding hydrogens is 463 g/mol. The Morgan fingerprint density at radius 1 is 0.600 bits per heavy atom. The van der Waals surface area contributed by atoms with Gasteiger partial charge in [-0.3, -0.25) is 0 Å². The quantitative estimate of drug-likeness (QED) is 0.0934. The third kappa shape index (κ3) is 14.3. The molecule has 204 valence electrons. The zero-order valence-electron chi connectivity index (χ0n) is 24.0. The summed E-state index contributed by atoms with van der Waals surface area (Å²) in [6, 6.07) is 9.21. The normalized spacial score (nSPS) is 13.0. The van der Waals surface area contributed by atoms with Crippen molar-refractivity contribution < 1.29 is 0 Å². The molecular formula is C33H60ClP. The van der Waals surface area contributed by atoms with Crippen molar-refractivity contribution in [3.63, 3.8) is 0 Å². The molecule has 35 heavy (non-hydrogen) atoms. The number of hydrogen-bond acceptors (Lipinski definition) is 0. The van der Waals surface area contributed by atoms with Gasteiger partial charge in [0.2, 0.25) is 0 Å². The van der Waals surface area contributed by atoms with Crippen molar-refractivity contribution >= 4 is 17.2 Å². The zero-order chi connectivity index (χ0) is 25.7. The van der Waals surface area contributed by atoms with Crippen LogP contribution in [0.15, 0.2) is 36.7 Å². The van der Waals surface area contributed by atoms with Crippen LogP contribution >= 0.6 is 17.2 Å². The van der Waals surface area contributed by atoms with Crippen molar-refractivity contribution in [2.24, 2.45) is 0 Å². The molecule has 0 radical (unpaired) electrons. The van der Waals surface area contributed by atoms with Crippen LogP contribution in [-0.2, 0) is 12.6 Å². The second-order valence-electron chi connectivity index (χ2n) is 11.3. The van der Waals surface area contributed by atoms with E-state index in [1.807, 2.05) is 0 Å². The molecule has 0 spiro atoms. The van der Waals surface area contributed by atoms with Crippen LogP contribution in [0, 0.1) is 0 Å². The molecule has 2 heteroatoms. The first-order chi connectivity index (χ1) is 17.0. The first-order valence-corrected chi connectivity index (χ1v) is 19.2. The fraction of sp³-hybridized carbons (Fsp3) is 0.758. The van der Waals surface area contributed by atoms with Crippen LogP contribution in [-0.4, -0.2) is 12.3 Å². The van der Waals surface area contributed by atoms with Gasteiger partial charge in [0.25, 0.3) is 0 Å². The molecule has 0 fully saturated rings. The standard InChI is InChI=1S/C33H60ClP/c1-5-9-12-15-18-21-26-32-27-22-23-28-33(32)31-35(34,8-4,29-24-19-16-13-10-6-2)30-25-20-17-14-11-7-3/h8,22-23,27-28H,4-7,9-21,24-26,29-31H2,1-3H3. The van der Waals surface area contributed by atoms with Gasteiger partial charge in [-0.25, -0.2) is 0 Å². The fourth-order valence-electron chi connectivity index (χ4n) is 5.51. The predicted molar refractivity (Wildman–Crippen MR) is 167 cm³/mol. The van der Waals surface area contributed by atoms with Gasteiger partial charge in [-0.05, 0) is 0 Å². The van der Waals surface area contributed by atoms with Gasteiger partial charge < -0.3 is 0 Å². The maximum atomic E-state index is 7.90. The summed E-state index contributed by atoms with van der Waals surface area (Å²) < 4.78 is 0. The van der Waals surface area contributed by atoms with Crippen molar-refractivity contribution in [2.45, 2.75) is 149 Å². The van der Waals surface area contributed by atoms with E-state index in [9.17, 15) is 0 Å². The average Bonchev–Trinajstić information content (AvgIpc) is 2.87. The molecule has 1 aromatic rings. The predicted octanol–water partition coefficient (Wildman–Crippen LogP) is 12.7. The summed E-state index contributed by atoms with van der Waals surface area (Å²) >= 11 is 7.90. The van der Waals surface area contributed by atoms with E-state index in [0.29, 0.717) is 0 Å². The monoisotopic (exact) mass is 522 g/mol. The van der Waals surface area contributed by atoms with E-state index in [1.54, 1.807) is 5.56 Å². The molecule has 1 aromatic carbocycles. The van der Waals surface area contributed by atoms with Crippen LogP contribution < -0.4 is 0 Å². The minimum absolute atomic E-state index is 1.06. The summed E-state index contributed by atoms with van der Waals surface area (Å²) in [7, 11) is 0. The van der Waals surface area contributed by atoms with Gasteiger partial charge in [0.1, 0.15) is 0 Å². The Kier molecular flexibility index (Phi) is 18.5. The van der Waals surface area contributed by atoms with Gasteiger partial charge in [0, 0.05) is 0 Å². The number of aryl methyl sites for hydroxylation is 1. The van der Waals surface area contributed by atoms with E-state index in [1.165, 1.54) is 140 Å². The van der Waals surface area contributed by atoms with Gasteiger partial charge >= 0.3 is 226 Å². The Hall–Kier alpha value is -0.320. The van der Waals surface area contributed by atoms with Gasteiger partial charge in [-0.2, -0.15) is 0 Å². The molecule has 0 aliphatic heterocycles. The minimum atomic E-state index is -2.51. The second kappa shape index (κ2) is 19.7. The first-order valence-electron chi connectivity index (χ1n) is 15.4. The molecule has 0 heterocycles. The van der Waals surface area contributed by atoms with E-state index in [0.717, 1.165) is 6.16 Å². The van der Waals surface area contributed by atoms with Gasteiger partial charge in [-0.1, -0.05) is 0 Å². The Balaban J connectivity index is 2.86. The fourth-order valence-corrected chi connectivity index (χ4v) is 10.7. The summed E-state index contributed by atoms with van der Waals surface area (Å²) in [5.41, 5.74) is 3.07. The summed E-state index contributed by atoms with van der Waals surface area (Å²) in [5.74, 6) is -0.221. The molecule has 0 aliphatic rings. The Labute approximate surface area is 225 Å². The van der Waals surface area contributed by atoms with Crippen LogP contribution in [0.25, 0.3) is 0 Å². The summed E-state index contributed by atoms with van der Waals surface area (Å²) in [4.78, 5) is 0. The average molecular weight is 523 g/mol. The van der Waals surface area contributed by atoms with Crippen LogP contribution in [0.4, 0.5) is 0 Å². The molecule has 0 bridgehead atoms. The molecule has 0 aromatic heterocycles. The van der Waals surface area contributed by atoms with Crippen LogP contribution in [0.1, 0.15) is 147 Å². The van der Waals surface area contributed by atoms with Crippen LogP contribution in [0.2, 0.25) is 0 Å². The van der Waals surface area contributed by atoms with Crippen LogP contribution in [0.5, 0.6) is 0 Å². The second-order valence-corrected chi connectivity index (χ2v) is 18.9. The SMILES string of the molecule is C=CP(Cl)(CCCCCCCC)(CCCCCCCC)Cc1ccccc1CCCCCCCC. The third-order valence-corrected chi connectivity index (χ3v) is 14.5. The van der Waals surface area contributed by atoms with E-state index >= 15 is 0 Å². The third-order valence-electron chi connectivity index (χ3n) is 8.00. The van der Waals surface area contributed by atoms with Gasteiger partial charge in [0.05, 0.1) is 0 Å². The van der Waals surface area contributed by atoms with Crippen molar-refractivity contribution in [2.75, 3.05) is 12.3 Å². The van der Waals surface area contributed by atoms with E-state index < -0.39 is 5.96 Å². The van der Waals surface area contributed by atoms with Crippen molar-refractivity contribution in [1.82, 2.24) is 0 Å². The molecule has 0 aliphatic carbocycles. The maximum absolute atomic E-state index is 7.90. The molecule has 0 saturated carbocycles. The molecule has 0 amide bonds. The van der Waals surface area contributed by atoms with Gasteiger partial charge in [-0.15, -0.1) is 0 Å².